The molecule has 3 N–H and O–H groups in total. The van der Waals surface area contributed by atoms with E-state index in [2.05, 4.69) is 32.6 Å². The normalized spacial score (nSPS) is 23.6. The van der Waals surface area contributed by atoms with Gasteiger partial charge in [-0.25, -0.2) is 9.67 Å². The third kappa shape index (κ3) is 3.40. The summed E-state index contributed by atoms with van der Waals surface area (Å²) >= 11 is 0. The maximum Gasteiger partial charge on any atom is 0.191 e. The monoisotopic (exact) mass is 306 g/mol. The van der Waals surface area contributed by atoms with E-state index in [9.17, 15) is 5.11 Å². The zero-order chi connectivity index (χ0) is 15.6. The molecule has 7 nitrogen and oxygen atoms in total. The zero-order valence-electron chi connectivity index (χ0n) is 13.5. The van der Waals surface area contributed by atoms with Crippen LogP contribution in [0.4, 0.5) is 0 Å². The van der Waals surface area contributed by atoms with Crippen LogP contribution in [0.15, 0.2) is 4.99 Å². The third-order valence-electron chi connectivity index (χ3n) is 4.46. The first-order valence-corrected chi connectivity index (χ1v) is 8.25. The number of nitrogens with zero attached hydrogens (tertiary/aromatic N) is 4. The molecule has 1 atom stereocenters. The highest BCUT2D eigenvalue weighted by Gasteiger charge is 2.34. The summed E-state index contributed by atoms with van der Waals surface area (Å²) < 4.78 is 1.99. The lowest BCUT2D eigenvalue weighted by Gasteiger charge is -2.35. The van der Waals surface area contributed by atoms with Gasteiger partial charge in [-0.2, -0.15) is 5.10 Å². The van der Waals surface area contributed by atoms with E-state index < -0.39 is 5.60 Å². The van der Waals surface area contributed by atoms with Gasteiger partial charge in [0.05, 0.1) is 18.7 Å². The second-order valence-electron chi connectivity index (χ2n) is 6.41. The third-order valence-corrected chi connectivity index (χ3v) is 4.46. The first kappa shape index (κ1) is 15.3. The number of aryl methyl sites for hydroxylation is 2. The van der Waals surface area contributed by atoms with E-state index in [1.165, 1.54) is 0 Å². The van der Waals surface area contributed by atoms with Gasteiger partial charge >= 0.3 is 0 Å². The highest BCUT2D eigenvalue weighted by molar-refractivity contribution is 5.80. The minimum absolute atomic E-state index is 0.294. The predicted molar refractivity (Wildman–Crippen MR) is 84.8 cm³/mol. The van der Waals surface area contributed by atoms with E-state index in [1.54, 1.807) is 0 Å². The Kier molecular flexibility index (Phi) is 4.33. The van der Waals surface area contributed by atoms with Gasteiger partial charge in [0, 0.05) is 19.0 Å². The van der Waals surface area contributed by atoms with Crippen LogP contribution >= 0.6 is 0 Å². The Labute approximate surface area is 131 Å². The molecular weight excluding hydrogens is 280 g/mol. The number of hydrogen-bond acceptors (Lipinski definition) is 4. The second-order valence-corrected chi connectivity index (χ2v) is 6.41. The lowest BCUT2D eigenvalue weighted by molar-refractivity contribution is -0.0236. The molecule has 1 saturated carbocycles. The summed E-state index contributed by atoms with van der Waals surface area (Å²) in [5.41, 5.74) is -0.578. The standard InChI is InChI=1S/C15H26N6O/c1-3-16-14(17-10-15(22)7-4-8-15)19-12-5-6-13-18-11(2)20-21(13)9-12/h12,22H,3-10H2,1-2H3,(H2,16,17,19). The van der Waals surface area contributed by atoms with E-state index >= 15 is 0 Å². The van der Waals surface area contributed by atoms with Crippen molar-refractivity contribution in [1.82, 2.24) is 25.4 Å². The van der Waals surface area contributed by atoms with Gasteiger partial charge in [-0.3, -0.25) is 4.99 Å². The van der Waals surface area contributed by atoms with Crippen molar-refractivity contribution in [2.75, 3.05) is 13.1 Å². The number of guanidine groups is 1. The molecule has 2 heterocycles. The molecule has 0 bridgehead atoms. The zero-order valence-corrected chi connectivity index (χ0v) is 13.5. The van der Waals surface area contributed by atoms with E-state index in [0.717, 1.165) is 62.8 Å². The quantitative estimate of drug-likeness (QED) is 0.553. The molecule has 0 radical (unpaired) electrons. The van der Waals surface area contributed by atoms with Gasteiger partial charge in [0.1, 0.15) is 11.6 Å². The lowest BCUT2D eigenvalue weighted by atomic mass is 9.80. The van der Waals surface area contributed by atoms with Crippen LogP contribution in [-0.2, 0) is 13.0 Å². The van der Waals surface area contributed by atoms with Gasteiger partial charge in [0.2, 0.25) is 0 Å². The molecule has 1 unspecified atom stereocenters. The summed E-state index contributed by atoms with van der Waals surface area (Å²) in [6, 6.07) is 0.294. The van der Waals surface area contributed by atoms with Crippen LogP contribution in [-0.4, -0.2) is 50.6 Å². The molecule has 1 aromatic rings. The van der Waals surface area contributed by atoms with E-state index in [4.69, 9.17) is 0 Å². The molecule has 1 aromatic heterocycles. The smallest absolute Gasteiger partial charge is 0.191 e. The summed E-state index contributed by atoms with van der Waals surface area (Å²) in [6.07, 6.45) is 4.78. The summed E-state index contributed by atoms with van der Waals surface area (Å²) in [7, 11) is 0. The van der Waals surface area contributed by atoms with Crippen LogP contribution in [0, 0.1) is 6.92 Å². The number of hydrogen-bond donors (Lipinski definition) is 3. The summed E-state index contributed by atoms with van der Waals surface area (Å²) in [6.45, 7) is 6.08. The molecule has 0 amide bonds. The SMILES string of the molecule is CCNC(=NCC1(O)CCC1)NC1CCc2nc(C)nn2C1. The van der Waals surface area contributed by atoms with Crippen LogP contribution in [0.3, 0.4) is 0 Å². The van der Waals surface area contributed by atoms with Gasteiger partial charge < -0.3 is 15.7 Å². The fourth-order valence-electron chi connectivity index (χ4n) is 3.03. The highest BCUT2D eigenvalue weighted by atomic mass is 16.3. The fraction of sp³-hybridized carbons (Fsp3) is 0.800. The van der Waals surface area contributed by atoms with Gasteiger partial charge in [-0.1, -0.05) is 0 Å². The van der Waals surface area contributed by atoms with Gasteiger partial charge in [0.25, 0.3) is 0 Å². The minimum atomic E-state index is -0.578. The molecule has 0 saturated heterocycles. The molecule has 2 aliphatic rings. The van der Waals surface area contributed by atoms with Gasteiger partial charge in [0.15, 0.2) is 5.96 Å². The molecule has 1 aliphatic carbocycles. The van der Waals surface area contributed by atoms with Crippen molar-refractivity contribution in [2.45, 2.75) is 64.1 Å². The van der Waals surface area contributed by atoms with Crippen LogP contribution in [0.5, 0.6) is 0 Å². The Bertz CT molecular complexity index is 548. The maximum absolute atomic E-state index is 10.2. The van der Waals surface area contributed by atoms with Crippen molar-refractivity contribution >= 4 is 5.96 Å². The number of aromatic nitrogens is 3. The van der Waals surface area contributed by atoms with Crippen molar-refractivity contribution in [3.05, 3.63) is 11.6 Å². The summed E-state index contributed by atoms with van der Waals surface area (Å²) in [4.78, 5) is 9.00. The van der Waals surface area contributed by atoms with Crippen LogP contribution in [0.1, 0.15) is 44.3 Å². The molecule has 1 aliphatic heterocycles. The van der Waals surface area contributed by atoms with Crippen LogP contribution in [0.2, 0.25) is 0 Å². The van der Waals surface area contributed by atoms with Crippen molar-refractivity contribution in [2.24, 2.45) is 4.99 Å². The minimum Gasteiger partial charge on any atom is -0.388 e. The Morgan fingerprint density at radius 1 is 1.50 bits per heavy atom. The Morgan fingerprint density at radius 3 is 3.00 bits per heavy atom. The van der Waals surface area contributed by atoms with E-state index in [0.29, 0.717) is 12.6 Å². The van der Waals surface area contributed by atoms with Gasteiger partial charge in [-0.15, -0.1) is 0 Å². The molecule has 3 rings (SSSR count). The van der Waals surface area contributed by atoms with E-state index in [1.807, 2.05) is 11.6 Å². The molecule has 1 fully saturated rings. The van der Waals surface area contributed by atoms with Crippen LogP contribution < -0.4 is 10.6 Å². The predicted octanol–water partition coefficient (Wildman–Crippen LogP) is 0.371. The average Bonchev–Trinajstić information content (AvgIpc) is 2.82. The van der Waals surface area contributed by atoms with Crippen molar-refractivity contribution in [3.8, 4) is 0 Å². The van der Waals surface area contributed by atoms with Gasteiger partial charge in [-0.05, 0) is 39.5 Å². The lowest BCUT2D eigenvalue weighted by Crippen LogP contribution is -2.48. The number of nitrogens with one attached hydrogen (secondary N) is 2. The van der Waals surface area contributed by atoms with Crippen molar-refractivity contribution < 1.29 is 5.11 Å². The van der Waals surface area contributed by atoms with Crippen LogP contribution in [0.25, 0.3) is 0 Å². The number of aliphatic hydroxyl groups is 1. The average molecular weight is 306 g/mol. The molecule has 22 heavy (non-hydrogen) atoms. The molecule has 7 heteroatoms. The maximum atomic E-state index is 10.2. The molecule has 0 spiro atoms. The fourth-order valence-corrected chi connectivity index (χ4v) is 3.03. The molecule has 122 valence electrons. The first-order chi connectivity index (χ1) is 10.6. The number of aliphatic imine (C=N–C) groups is 1. The topological polar surface area (TPSA) is 87.4 Å². The summed E-state index contributed by atoms with van der Waals surface area (Å²) in [5, 5.41) is 21.3. The van der Waals surface area contributed by atoms with Crippen molar-refractivity contribution in [1.29, 1.82) is 0 Å². The summed E-state index contributed by atoms with van der Waals surface area (Å²) in [5.74, 6) is 2.69. The Balaban J connectivity index is 1.60. The first-order valence-electron chi connectivity index (χ1n) is 8.25. The Morgan fingerprint density at radius 2 is 2.32 bits per heavy atom. The molecule has 0 aromatic carbocycles. The number of fused-ring (bicyclic) bond motifs is 1. The van der Waals surface area contributed by atoms with E-state index in [-0.39, 0.29) is 0 Å². The molecular formula is C15H26N6O. The largest absolute Gasteiger partial charge is 0.388 e. The van der Waals surface area contributed by atoms with Crippen molar-refractivity contribution in [3.63, 3.8) is 0 Å². The Hall–Kier alpha value is -1.63. The second kappa shape index (κ2) is 6.24. The highest BCUT2D eigenvalue weighted by Crippen LogP contribution is 2.31. The number of rotatable bonds is 4.